The van der Waals surface area contributed by atoms with Crippen molar-refractivity contribution in [2.45, 2.75) is 13.3 Å². The summed E-state index contributed by atoms with van der Waals surface area (Å²) in [6, 6.07) is 12.5. The van der Waals surface area contributed by atoms with Crippen LogP contribution in [0.5, 0.6) is 0 Å². The second-order valence-electron chi connectivity index (χ2n) is 7.54. The molecule has 2 aromatic carbocycles. The van der Waals surface area contributed by atoms with E-state index in [0.717, 1.165) is 0 Å². The van der Waals surface area contributed by atoms with Crippen molar-refractivity contribution < 1.29 is 18.5 Å². The van der Waals surface area contributed by atoms with Crippen LogP contribution < -0.4 is 5.32 Å². The molecule has 0 saturated carbocycles. The van der Waals surface area contributed by atoms with Crippen molar-refractivity contribution in [1.29, 1.82) is 0 Å². The highest BCUT2D eigenvalue weighted by molar-refractivity contribution is 6.30. The summed E-state index contributed by atoms with van der Waals surface area (Å²) >= 11 is 5.98. The van der Waals surface area contributed by atoms with Crippen molar-refractivity contribution >= 4 is 29.2 Å². The molecule has 0 aliphatic carbocycles. The molecule has 3 amide bonds. The monoisotopic (exact) mass is 456 g/mol. The topological polar surface area (TPSA) is 78.7 Å². The van der Waals surface area contributed by atoms with Crippen LogP contribution in [0.15, 0.2) is 53.1 Å². The van der Waals surface area contributed by atoms with Gasteiger partial charge < -0.3 is 19.6 Å². The summed E-state index contributed by atoms with van der Waals surface area (Å²) in [7, 11) is 0. The molecule has 1 aliphatic heterocycles. The van der Waals surface area contributed by atoms with E-state index in [1.54, 1.807) is 53.1 Å². The smallest absolute Gasteiger partial charge is 0.321 e. The second kappa shape index (κ2) is 9.40. The van der Waals surface area contributed by atoms with Crippen molar-refractivity contribution in [1.82, 2.24) is 15.0 Å². The number of benzene rings is 2. The van der Waals surface area contributed by atoms with Gasteiger partial charge in [0.15, 0.2) is 0 Å². The Balaban J connectivity index is 1.46. The van der Waals surface area contributed by atoms with Crippen molar-refractivity contribution in [2.24, 2.45) is 0 Å². The number of nitrogens with one attached hydrogen (secondary N) is 1. The van der Waals surface area contributed by atoms with Crippen LogP contribution in [-0.4, -0.2) is 53.1 Å². The van der Waals surface area contributed by atoms with E-state index in [9.17, 15) is 14.0 Å². The van der Waals surface area contributed by atoms with E-state index < -0.39 is 0 Å². The van der Waals surface area contributed by atoms with E-state index in [1.165, 1.54) is 12.1 Å². The van der Waals surface area contributed by atoms with Crippen molar-refractivity contribution in [3.8, 4) is 11.3 Å². The molecule has 4 rings (SSSR count). The van der Waals surface area contributed by atoms with Gasteiger partial charge in [0.2, 0.25) is 0 Å². The Hall–Kier alpha value is -3.39. The number of carbonyl (C=O) groups excluding carboxylic acids is 2. The van der Waals surface area contributed by atoms with Gasteiger partial charge in [0.25, 0.3) is 5.91 Å². The standard InChI is InChI=1S/C23H22ClFN4O3/c1-15-20(21(27-32-15)16-6-8-18(25)9-7-16)22(30)28-10-3-11-29(13-12-28)23(31)26-19-5-2-4-17(24)14-19/h2,4-9,14H,3,10-13H2,1H3,(H,26,31). The summed E-state index contributed by atoms with van der Waals surface area (Å²) in [5.74, 6) is -0.195. The fraction of sp³-hybridized carbons (Fsp3) is 0.261. The van der Waals surface area contributed by atoms with Gasteiger partial charge in [0.05, 0.1) is 0 Å². The van der Waals surface area contributed by atoms with Crippen molar-refractivity contribution in [2.75, 3.05) is 31.5 Å². The normalized spacial score (nSPS) is 14.2. The molecule has 1 aromatic heterocycles. The summed E-state index contributed by atoms with van der Waals surface area (Å²) in [5.41, 5.74) is 1.95. The number of urea groups is 1. The Morgan fingerprint density at radius 3 is 2.53 bits per heavy atom. The first kappa shape index (κ1) is 21.8. The Morgan fingerprint density at radius 1 is 1.06 bits per heavy atom. The maximum atomic E-state index is 13.3. The van der Waals surface area contributed by atoms with E-state index in [2.05, 4.69) is 10.5 Å². The Labute approximate surface area is 189 Å². The number of rotatable bonds is 3. The molecule has 0 unspecified atom stereocenters. The number of anilines is 1. The Bertz CT molecular complexity index is 1130. The lowest BCUT2D eigenvalue weighted by molar-refractivity contribution is 0.0761. The molecule has 2 heterocycles. The molecular weight excluding hydrogens is 435 g/mol. The molecule has 0 atom stereocenters. The van der Waals surface area contributed by atoms with Gasteiger partial charge in [-0.3, -0.25) is 4.79 Å². The number of aryl methyl sites for hydroxylation is 1. The average Bonchev–Trinajstić information content (AvgIpc) is 2.99. The molecule has 0 bridgehead atoms. The molecular formula is C23H22ClFN4O3. The van der Waals surface area contributed by atoms with Crippen LogP contribution in [0.1, 0.15) is 22.5 Å². The van der Waals surface area contributed by atoms with Crippen molar-refractivity contribution in [3.63, 3.8) is 0 Å². The van der Waals surface area contributed by atoms with Crippen molar-refractivity contribution in [3.05, 3.63) is 70.7 Å². The SMILES string of the molecule is Cc1onc(-c2ccc(F)cc2)c1C(=O)N1CCCN(C(=O)Nc2cccc(Cl)c2)CC1. The highest BCUT2D eigenvalue weighted by Gasteiger charge is 2.28. The van der Waals surface area contributed by atoms with Crippen LogP contribution in [-0.2, 0) is 0 Å². The van der Waals surface area contributed by atoms with Gasteiger partial charge in [0.1, 0.15) is 22.8 Å². The summed E-state index contributed by atoms with van der Waals surface area (Å²) in [6.07, 6.45) is 0.630. The van der Waals surface area contributed by atoms with Gasteiger partial charge in [-0.05, 0) is 55.8 Å². The highest BCUT2D eigenvalue weighted by atomic mass is 35.5. The van der Waals surface area contributed by atoms with Gasteiger partial charge in [-0.1, -0.05) is 22.8 Å². The highest BCUT2D eigenvalue weighted by Crippen LogP contribution is 2.27. The third-order valence-electron chi connectivity index (χ3n) is 5.34. The lowest BCUT2D eigenvalue weighted by atomic mass is 10.0. The van der Waals surface area contributed by atoms with Crippen LogP contribution >= 0.6 is 11.6 Å². The number of nitrogens with zero attached hydrogens (tertiary/aromatic N) is 3. The molecule has 9 heteroatoms. The first-order chi connectivity index (χ1) is 15.4. The summed E-state index contributed by atoms with van der Waals surface area (Å²) in [6.45, 7) is 3.44. The molecule has 1 aliphatic rings. The zero-order valence-electron chi connectivity index (χ0n) is 17.5. The van der Waals surface area contributed by atoms with Crippen LogP contribution in [0.4, 0.5) is 14.9 Å². The van der Waals surface area contributed by atoms with E-state index >= 15 is 0 Å². The minimum Gasteiger partial charge on any atom is -0.360 e. The van der Waals surface area contributed by atoms with E-state index in [0.29, 0.717) is 65.9 Å². The summed E-state index contributed by atoms with van der Waals surface area (Å²) < 4.78 is 18.6. The minimum absolute atomic E-state index is 0.222. The Morgan fingerprint density at radius 2 is 1.78 bits per heavy atom. The fourth-order valence-electron chi connectivity index (χ4n) is 3.68. The van der Waals surface area contributed by atoms with Gasteiger partial charge in [-0.25, -0.2) is 9.18 Å². The number of hydrogen-bond acceptors (Lipinski definition) is 4. The molecule has 3 aromatic rings. The van der Waals surface area contributed by atoms with E-state index in [-0.39, 0.29) is 17.8 Å². The van der Waals surface area contributed by atoms with Crippen LogP contribution in [0.25, 0.3) is 11.3 Å². The van der Waals surface area contributed by atoms with Gasteiger partial charge in [-0.15, -0.1) is 0 Å². The lowest BCUT2D eigenvalue weighted by Gasteiger charge is -2.22. The van der Waals surface area contributed by atoms with E-state index in [4.69, 9.17) is 16.1 Å². The van der Waals surface area contributed by atoms with Gasteiger partial charge in [-0.2, -0.15) is 0 Å². The number of hydrogen-bond donors (Lipinski definition) is 1. The molecule has 0 spiro atoms. The van der Waals surface area contributed by atoms with Gasteiger partial charge >= 0.3 is 6.03 Å². The first-order valence-electron chi connectivity index (χ1n) is 10.3. The van der Waals surface area contributed by atoms with E-state index in [1.807, 2.05) is 0 Å². The predicted octanol–water partition coefficient (Wildman–Crippen LogP) is 4.82. The number of carbonyl (C=O) groups is 2. The molecule has 1 saturated heterocycles. The second-order valence-corrected chi connectivity index (χ2v) is 7.98. The summed E-state index contributed by atoms with van der Waals surface area (Å²) in [4.78, 5) is 29.4. The third-order valence-corrected chi connectivity index (χ3v) is 5.58. The van der Waals surface area contributed by atoms with Gasteiger partial charge in [0, 0.05) is 42.5 Å². The zero-order valence-corrected chi connectivity index (χ0v) is 18.2. The minimum atomic E-state index is -0.370. The quantitative estimate of drug-likeness (QED) is 0.612. The molecule has 7 nitrogen and oxygen atoms in total. The lowest BCUT2D eigenvalue weighted by Crippen LogP contribution is -2.39. The molecule has 1 fully saturated rings. The Kier molecular flexibility index (Phi) is 6.41. The maximum absolute atomic E-state index is 13.3. The van der Waals surface area contributed by atoms with Crippen LogP contribution in [0, 0.1) is 12.7 Å². The summed E-state index contributed by atoms with van der Waals surface area (Å²) in [5, 5.41) is 7.40. The number of aromatic nitrogens is 1. The predicted molar refractivity (Wildman–Crippen MR) is 119 cm³/mol. The fourth-order valence-corrected chi connectivity index (χ4v) is 3.87. The number of halogens is 2. The first-order valence-corrected chi connectivity index (χ1v) is 10.6. The molecule has 0 radical (unpaired) electrons. The average molecular weight is 457 g/mol. The largest absolute Gasteiger partial charge is 0.360 e. The zero-order chi connectivity index (χ0) is 22.7. The molecule has 166 valence electrons. The third kappa shape index (κ3) is 4.75. The number of amides is 3. The van der Waals surface area contributed by atoms with Crippen LogP contribution in [0.2, 0.25) is 5.02 Å². The molecule has 32 heavy (non-hydrogen) atoms. The van der Waals surface area contributed by atoms with Crippen LogP contribution in [0.3, 0.4) is 0 Å². The maximum Gasteiger partial charge on any atom is 0.321 e. The molecule has 1 N–H and O–H groups in total.